The molecule has 4 aromatic rings. The molecule has 2 aromatic carbocycles. The molecule has 152 valence electrons. The van der Waals surface area contributed by atoms with E-state index < -0.39 is 5.97 Å². The van der Waals surface area contributed by atoms with Gasteiger partial charge < -0.3 is 9.47 Å². The van der Waals surface area contributed by atoms with Crippen molar-refractivity contribution in [2.75, 3.05) is 6.61 Å². The zero-order chi connectivity index (χ0) is 21.3. The number of nitrogens with zero attached hydrogens (tertiary/aromatic N) is 3. The van der Waals surface area contributed by atoms with Crippen molar-refractivity contribution in [1.29, 1.82) is 0 Å². The Morgan fingerprint density at radius 1 is 1.20 bits per heavy atom. The van der Waals surface area contributed by atoms with Crippen molar-refractivity contribution in [3.05, 3.63) is 76.3 Å². The predicted octanol–water partition coefficient (Wildman–Crippen LogP) is 5.60. The number of carbonyl (C=O) groups excluding carboxylic acids is 1. The van der Waals surface area contributed by atoms with Gasteiger partial charge in [0.05, 0.1) is 28.5 Å². The van der Waals surface area contributed by atoms with Crippen molar-refractivity contribution < 1.29 is 18.7 Å². The second kappa shape index (κ2) is 8.23. The van der Waals surface area contributed by atoms with E-state index in [1.807, 2.05) is 6.07 Å². The standard InChI is InChI=1S/C22H17BrFN3O3/c1-3-29-22(28)20-13(2)8-9-25-21(20)30-19-11-18-14(10-17(19)23)12-26-27(18)16-6-4-15(24)5-7-16/h4-12H,3H2,1-2H3. The average molecular weight is 470 g/mol. The van der Waals surface area contributed by atoms with Crippen molar-refractivity contribution in [3.8, 4) is 17.3 Å². The van der Waals surface area contributed by atoms with Gasteiger partial charge in [-0.3, -0.25) is 0 Å². The third-order valence-electron chi connectivity index (χ3n) is 4.50. The summed E-state index contributed by atoms with van der Waals surface area (Å²) in [5, 5.41) is 5.26. The maximum Gasteiger partial charge on any atom is 0.343 e. The van der Waals surface area contributed by atoms with Crippen LogP contribution in [-0.4, -0.2) is 27.3 Å². The highest BCUT2D eigenvalue weighted by molar-refractivity contribution is 9.10. The lowest BCUT2D eigenvalue weighted by molar-refractivity contribution is 0.0522. The van der Waals surface area contributed by atoms with Crippen LogP contribution in [0, 0.1) is 12.7 Å². The second-order valence-corrected chi connectivity index (χ2v) is 7.36. The summed E-state index contributed by atoms with van der Waals surface area (Å²) in [6, 6.07) is 11.4. The molecule has 0 unspecified atom stereocenters. The van der Waals surface area contributed by atoms with Crippen LogP contribution in [0.1, 0.15) is 22.8 Å². The molecule has 8 heteroatoms. The molecular formula is C22H17BrFN3O3. The highest BCUT2D eigenvalue weighted by atomic mass is 79.9. The first-order chi connectivity index (χ1) is 14.5. The number of esters is 1. The number of rotatable bonds is 5. The van der Waals surface area contributed by atoms with Crippen molar-refractivity contribution in [2.24, 2.45) is 0 Å². The Kier molecular flexibility index (Phi) is 5.50. The summed E-state index contributed by atoms with van der Waals surface area (Å²) in [6.07, 6.45) is 3.28. The van der Waals surface area contributed by atoms with Gasteiger partial charge in [-0.1, -0.05) is 0 Å². The van der Waals surface area contributed by atoms with E-state index in [4.69, 9.17) is 9.47 Å². The summed E-state index contributed by atoms with van der Waals surface area (Å²) in [5.41, 5.74) is 2.44. The van der Waals surface area contributed by atoms with E-state index in [-0.39, 0.29) is 23.9 Å². The maximum absolute atomic E-state index is 13.3. The monoisotopic (exact) mass is 469 g/mol. The van der Waals surface area contributed by atoms with Gasteiger partial charge in [0, 0.05) is 17.6 Å². The van der Waals surface area contributed by atoms with Gasteiger partial charge in [-0.25, -0.2) is 18.9 Å². The minimum Gasteiger partial charge on any atom is -0.462 e. The Morgan fingerprint density at radius 2 is 1.97 bits per heavy atom. The summed E-state index contributed by atoms with van der Waals surface area (Å²) < 4.78 is 26.8. The second-order valence-electron chi connectivity index (χ2n) is 6.50. The van der Waals surface area contributed by atoms with Crippen LogP contribution >= 0.6 is 15.9 Å². The van der Waals surface area contributed by atoms with Crippen LogP contribution in [0.2, 0.25) is 0 Å². The fourth-order valence-electron chi connectivity index (χ4n) is 3.06. The Hall–Kier alpha value is -3.26. The molecule has 6 nitrogen and oxygen atoms in total. The van der Waals surface area contributed by atoms with E-state index in [1.165, 1.54) is 12.1 Å². The SMILES string of the molecule is CCOC(=O)c1c(C)ccnc1Oc1cc2c(cnn2-c2ccc(F)cc2)cc1Br. The lowest BCUT2D eigenvalue weighted by atomic mass is 10.1. The number of hydrogen-bond donors (Lipinski definition) is 0. The summed E-state index contributed by atoms with van der Waals surface area (Å²) in [5.74, 6) is -0.206. The van der Waals surface area contributed by atoms with E-state index in [0.29, 0.717) is 21.5 Å². The number of hydrogen-bond acceptors (Lipinski definition) is 5. The first kappa shape index (κ1) is 20.0. The number of fused-ring (bicyclic) bond motifs is 1. The van der Waals surface area contributed by atoms with Crippen molar-refractivity contribution >= 4 is 32.8 Å². The molecule has 0 spiro atoms. The van der Waals surface area contributed by atoms with Crippen LogP contribution < -0.4 is 4.74 Å². The molecule has 0 atom stereocenters. The Bertz CT molecular complexity index is 1240. The molecule has 0 radical (unpaired) electrons. The normalized spacial score (nSPS) is 10.9. The van der Waals surface area contributed by atoms with E-state index >= 15 is 0 Å². The molecule has 0 bridgehead atoms. The Balaban J connectivity index is 1.78. The molecule has 0 saturated heterocycles. The molecule has 0 saturated carbocycles. The molecule has 4 rings (SSSR count). The summed E-state index contributed by atoms with van der Waals surface area (Å²) in [6.45, 7) is 3.78. The highest BCUT2D eigenvalue weighted by Crippen LogP contribution is 2.35. The van der Waals surface area contributed by atoms with Gasteiger partial charge in [0.1, 0.15) is 17.1 Å². The lowest BCUT2D eigenvalue weighted by Crippen LogP contribution is -2.09. The summed E-state index contributed by atoms with van der Waals surface area (Å²) >= 11 is 3.51. The molecule has 2 aromatic heterocycles. The first-order valence-corrected chi connectivity index (χ1v) is 10.0. The van der Waals surface area contributed by atoms with Gasteiger partial charge in [-0.05, 0) is 71.7 Å². The lowest BCUT2D eigenvalue weighted by Gasteiger charge is -2.13. The maximum atomic E-state index is 13.3. The number of aryl methyl sites for hydroxylation is 1. The molecule has 0 aliphatic heterocycles. The van der Waals surface area contributed by atoms with Crippen LogP contribution in [0.5, 0.6) is 11.6 Å². The van der Waals surface area contributed by atoms with Gasteiger partial charge in [-0.15, -0.1) is 0 Å². The largest absolute Gasteiger partial charge is 0.462 e. The number of carbonyl (C=O) groups is 1. The van der Waals surface area contributed by atoms with Crippen molar-refractivity contribution in [2.45, 2.75) is 13.8 Å². The van der Waals surface area contributed by atoms with E-state index in [0.717, 1.165) is 10.9 Å². The molecule has 0 aliphatic rings. The predicted molar refractivity (Wildman–Crippen MR) is 114 cm³/mol. The fraction of sp³-hybridized carbons (Fsp3) is 0.136. The Labute approximate surface area is 180 Å². The molecule has 0 fully saturated rings. The summed E-state index contributed by atoms with van der Waals surface area (Å²) in [7, 11) is 0. The van der Waals surface area contributed by atoms with Crippen LogP contribution in [0.3, 0.4) is 0 Å². The third-order valence-corrected chi connectivity index (χ3v) is 5.12. The van der Waals surface area contributed by atoms with Crippen LogP contribution in [0.15, 0.2) is 59.3 Å². The van der Waals surface area contributed by atoms with E-state index in [1.54, 1.807) is 55.2 Å². The average Bonchev–Trinajstić information content (AvgIpc) is 3.11. The van der Waals surface area contributed by atoms with Crippen LogP contribution in [-0.2, 0) is 4.74 Å². The fourth-order valence-corrected chi connectivity index (χ4v) is 3.50. The zero-order valence-corrected chi connectivity index (χ0v) is 17.8. The highest BCUT2D eigenvalue weighted by Gasteiger charge is 2.20. The zero-order valence-electron chi connectivity index (χ0n) is 16.2. The number of ether oxygens (including phenoxy) is 2. The number of halogens is 2. The Morgan fingerprint density at radius 3 is 2.70 bits per heavy atom. The summed E-state index contributed by atoms with van der Waals surface area (Å²) in [4.78, 5) is 16.6. The first-order valence-electron chi connectivity index (χ1n) is 9.21. The molecule has 2 heterocycles. The molecule has 30 heavy (non-hydrogen) atoms. The van der Waals surface area contributed by atoms with Gasteiger partial charge in [0.15, 0.2) is 0 Å². The van der Waals surface area contributed by atoms with Gasteiger partial charge >= 0.3 is 5.97 Å². The topological polar surface area (TPSA) is 66.2 Å². The minimum absolute atomic E-state index is 0.154. The van der Waals surface area contributed by atoms with Gasteiger partial charge in [0.25, 0.3) is 0 Å². The molecule has 0 N–H and O–H groups in total. The van der Waals surface area contributed by atoms with Crippen LogP contribution in [0.25, 0.3) is 16.6 Å². The molecular weight excluding hydrogens is 453 g/mol. The van der Waals surface area contributed by atoms with Crippen LogP contribution in [0.4, 0.5) is 4.39 Å². The number of aromatic nitrogens is 3. The quantitative estimate of drug-likeness (QED) is 0.356. The van der Waals surface area contributed by atoms with Gasteiger partial charge in [0.2, 0.25) is 5.88 Å². The number of benzene rings is 2. The van der Waals surface area contributed by atoms with E-state index in [9.17, 15) is 9.18 Å². The van der Waals surface area contributed by atoms with Crippen molar-refractivity contribution in [3.63, 3.8) is 0 Å². The molecule has 0 amide bonds. The third kappa shape index (κ3) is 3.78. The van der Waals surface area contributed by atoms with Crippen molar-refractivity contribution in [1.82, 2.24) is 14.8 Å². The molecule has 0 aliphatic carbocycles. The minimum atomic E-state index is -0.494. The smallest absolute Gasteiger partial charge is 0.343 e. The van der Waals surface area contributed by atoms with E-state index in [2.05, 4.69) is 26.0 Å². The number of pyridine rings is 1. The van der Waals surface area contributed by atoms with Gasteiger partial charge in [-0.2, -0.15) is 5.10 Å².